The van der Waals surface area contributed by atoms with E-state index in [2.05, 4.69) is 6.92 Å². The van der Waals surface area contributed by atoms with Gasteiger partial charge < -0.3 is 28.5 Å². The summed E-state index contributed by atoms with van der Waals surface area (Å²) in [6.45, 7) is 7.59. The molecule has 0 radical (unpaired) electrons. The molecule has 7 nitrogen and oxygen atoms in total. The zero-order chi connectivity index (χ0) is 21.3. The number of unbranched alkanes of at least 4 members (excludes halogenated alkanes) is 1. The molecule has 0 aliphatic carbocycles. The summed E-state index contributed by atoms with van der Waals surface area (Å²) >= 11 is 0. The van der Waals surface area contributed by atoms with Crippen molar-refractivity contribution in [3.63, 3.8) is 0 Å². The predicted molar refractivity (Wildman–Crippen MR) is 109 cm³/mol. The number of hydrogen-bond acceptors (Lipinski definition) is 7. The third-order valence-corrected chi connectivity index (χ3v) is 4.51. The van der Waals surface area contributed by atoms with Crippen LogP contribution in [-0.2, 0) is 33.3 Å². The van der Waals surface area contributed by atoms with Gasteiger partial charge in [-0.05, 0) is 57.9 Å². The zero-order valence-corrected chi connectivity index (χ0v) is 18.2. The van der Waals surface area contributed by atoms with Crippen LogP contribution in [0.3, 0.4) is 0 Å². The quantitative estimate of drug-likeness (QED) is 0.228. The molecule has 0 N–H and O–H groups in total. The highest BCUT2D eigenvalue weighted by Gasteiger charge is 2.21. The predicted octanol–water partition coefficient (Wildman–Crippen LogP) is 4.28. The van der Waals surface area contributed by atoms with Gasteiger partial charge in [0.05, 0.1) is 13.2 Å². The summed E-state index contributed by atoms with van der Waals surface area (Å²) in [5.41, 5.74) is 0. The van der Waals surface area contributed by atoms with E-state index in [0.717, 1.165) is 70.7 Å². The molecule has 2 aliphatic rings. The molecule has 168 valence electrons. The highest BCUT2D eigenvalue weighted by Crippen LogP contribution is 2.18. The minimum atomic E-state index is -0.393. The fourth-order valence-electron chi connectivity index (χ4n) is 2.84. The number of allylic oxidation sites excluding steroid dienone is 1. The molecule has 0 aromatic rings. The standard InChI is InChI=1S/C13H22O4.C9H16O3/c1-3-5-8-11(13(14)15-4-2)17-12-9-6-7-10-16-12;1-2-8(7-10)12-9-5-3-4-6-11-9/h8,12H,3-7,9-10H2,1-2H3;7-9H,2-6H2,1H3/b11-8+;/t12-;8-,9?/m11/s1. The first-order valence-corrected chi connectivity index (χ1v) is 11.0. The molecule has 0 saturated carbocycles. The van der Waals surface area contributed by atoms with Crippen LogP contribution in [-0.4, -0.2) is 50.8 Å². The van der Waals surface area contributed by atoms with Crippen LogP contribution in [0.2, 0.25) is 0 Å². The van der Waals surface area contributed by atoms with E-state index in [1.165, 1.54) is 0 Å². The van der Waals surface area contributed by atoms with Crippen LogP contribution in [0.5, 0.6) is 0 Å². The Kier molecular flexibility index (Phi) is 14.4. The number of hydrogen-bond donors (Lipinski definition) is 0. The Morgan fingerprint density at radius 3 is 2.17 bits per heavy atom. The van der Waals surface area contributed by atoms with Gasteiger partial charge in [0.1, 0.15) is 12.4 Å². The maximum Gasteiger partial charge on any atom is 0.373 e. The highest BCUT2D eigenvalue weighted by molar-refractivity contribution is 5.86. The van der Waals surface area contributed by atoms with Crippen LogP contribution in [0, 0.1) is 0 Å². The molecule has 7 heteroatoms. The van der Waals surface area contributed by atoms with Crippen LogP contribution in [0.15, 0.2) is 11.8 Å². The second kappa shape index (κ2) is 16.4. The van der Waals surface area contributed by atoms with Crippen molar-refractivity contribution in [1.29, 1.82) is 0 Å². The minimum absolute atomic E-state index is 0.145. The molecule has 2 heterocycles. The number of aldehydes is 1. The van der Waals surface area contributed by atoms with E-state index in [4.69, 9.17) is 23.7 Å². The van der Waals surface area contributed by atoms with Crippen molar-refractivity contribution >= 4 is 12.3 Å². The van der Waals surface area contributed by atoms with Gasteiger partial charge in [-0.1, -0.05) is 20.3 Å². The fourth-order valence-corrected chi connectivity index (χ4v) is 2.84. The van der Waals surface area contributed by atoms with E-state index in [0.29, 0.717) is 19.0 Å². The van der Waals surface area contributed by atoms with Crippen molar-refractivity contribution < 1.29 is 33.3 Å². The summed E-state index contributed by atoms with van der Waals surface area (Å²) in [4.78, 5) is 22.1. The average Bonchev–Trinajstić information content (AvgIpc) is 2.77. The monoisotopic (exact) mass is 414 g/mol. The lowest BCUT2D eigenvalue weighted by Crippen LogP contribution is -2.28. The molecular formula is C22H38O7. The summed E-state index contributed by atoms with van der Waals surface area (Å²) in [6, 6.07) is 0. The third-order valence-electron chi connectivity index (χ3n) is 4.51. The second-order valence-corrected chi connectivity index (χ2v) is 7.01. The average molecular weight is 415 g/mol. The van der Waals surface area contributed by atoms with E-state index >= 15 is 0 Å². The smallest absolute Gasteiger partial charge is 0.373 e. The Morgan fingerprint density at radius 1 is 1.03 bits per heavy atom. The van der Waals surface area contributed by atoms with Gasteiger partial charge in [0, 0.05) is 13.0 Å². The summed E-state index contributed by atoms with van der Waals surface area (Å²) < 4.78 is 26.7. The van der Waals surface area contributed by atoms with Crippen molar-refractivity contribution in [2.75, 3.05) is 19.8 Å². The van der Waals surface area contributed by atoms with Crippen LogP contribution in [0.25, 0.3) is 0 Å². The van der Waals surface area contributed by atoms with Gasteiger partial charge in [-0.25, -0.2) is 4.79 Å². The zero-order valence-electron chi connectivity index (χ0n) is 18.2. The Morgan fingerprint density at radius 2 is 1.69 bits per heavy atom. The lowest BCUT2D eigenvalue weighted by atomic mass is 10.2. The molecule has 0 amide bonds. The molecule has 0 aromatic carbocycles. The molecule has 2 rings (SSSR count). The molecular weight excluding hydrogens is 376 g/mol. The Balaban J connectivity index is 0.000000308. The topological polar surface area (TPSA) is 80.3 Å². The van der Waals surface area contributed by atoms with Gasteiger partial charge in [-0.3, -0.25) is 0 Å². The van der Waals surface area contributed by atoms with Gasteiger partial charge in [0.2, 0.25) is 5.76 Å². The van der Waals surface area contributed by atoms with E-state index < -0.39 is 5.97 Å². The molecule has 0 spiro atoms. The lowest BCUT2D eigenvalue weighted by molar-refractivity contribution is -0.186. The SMILES string of the molecule is CCC/C=C(/O[C@@H]1CCCCO1)C(=O)OCC.CC[C@H](C=O)OC1CCCCO1. The molecule has 0 aromatic heterocycles. The lowest BCUT2D eigenvalue weighted by Gasteiger charge is -2.24. The number of ether oxygens (including phenoxy) is 5. The van der Waals surface area contributed by atoms with E-state index in [9.17, 15) is 9.59 Å². The maximum atomic E-state index is 11.7. The van der Waals surface area contributed by atoms with Gasteiger partial charge in [0.25, 0.3) is 0 Å². The van der Waals surface area contributed by atoms with Crippen LogP contribution in [0.4, 0.5) is 0 Å². The minimum Gasteiger partial charge on any atom is -0.460 e. The Labute approximate surface area is 175 Å². The maximum absolute atomic E-state index is 11.7. The second-order valence-electron chi connectivity index (χ2n) is 7.01. The summed E-state index contributed by atoms with van der Waals surface area (Å²) in [6.07, 6.45) is 10.6. The molecule has 3 atom stereocenters. The van der Waals surface area contributed by atoms with Gasteiger partial charge in [-0.15, -0.1) is 0 Å². The fraction of sp³-hybridized carbons (Fsp3) is 0.818. The number of rotatable bonds is 10. The van der Waals surface area contributed by atoms with Gasteiger partial charge in [0.15, 0.2) is 12.6 Å². The number of esters is 1. The van der Waals surface area contributed by atoms with Crippen molar-refractivity contribution in [3.05, 3.63) is 11.8 Å². The van der Waals surface area contributed by atoms with E-state index in [1.54, 1.807) is 13.0 Å². The Bertz CT molecular complexity index is 466. The Hall–Kier alpha value is -1.44. The number of carbonyl (C=O) groups is 2. The van der Waals surface area contributed by atoms with Crippen LogP contribution in [0.1, 0.15) is 78.6 Å². The van der Waals surface area contributed by atoms with E-state index in [-0.39, 0.29) is 18.7 Å². The molecule has 1 unspecified atom stereocenters. The summed E-state index contributed by atoms with van der Waals surface area (Å²) in [5.74, 6) is -0.101. The highest BCUT2D eigenvalue weighted by atomic mass is 16.7. The summed E-state index contributed by atoms with van der Waals surface area (Å²) in [5, 5.41) is 0. The van der Waals surface area contributed by atoms with Crippen LogP contribution >= 0.6 is 0 Å². The summed E-state index contributed by atoms with van der Waals surface area (Å²) in [7, 11) is 0. The first-order valence-electron chi connectivity index (χ1n) is 11.0. The van der Waals surface area contributed by atoms with Crippen molar-refractivity contribution in [3.8, 4) is 0 Å². The van der Waals surface area contributed by atoms with Crippen molar-refractivity contribution in [1.82, 2.24) is 0 Å². The van der Waals surface area contributed by atoms with E-state index in [1.807, 2.05) is 6.92 Å². The number of carbonyl (C=O) groups excluding carboxylic acids is 2. The van der Waals surface area contributed by atoms with Crippen LogP contribution < -0.4 is 0 Å². The molecule has 2 aliphatic heterocycles. The normalized spacial score (nSPS) is 23.3. The molecule has 2 fully saturated rings. The van der Waals surface area contributed by atoms with Gasteiger partial charge >= 0.3 is 5.97 Å². The van der Waals surface area contributed by atoms with Crippen molar-refractivity contribution in [2.24, 2.45) is 0 Å². The molecule has 29 heavy (non-hydrogen) atoms. The molecule has 0 bridgehead atoms. The third kappa shape index (κ3) is 11.4. The largest absolute Gasteiger partial charge is 0.460 e. The van der Waals surface area contributed by atoms with Gasteiger partial charge in [-0.2, -0.15) is 0 Å². The first kappa shape index (κ1) is 25.6. The first-order chi connectivity index (χ1) is 14.1. The van der Waals surface area contributed by atoms with Crippen molar-refractivity contribution in [2.45, 2.75) is 97.2 Å². The molecule has 2 saturated heterocycles.